The Labute approximate surface area is 179 Å². The van der Waals surface area contributed by atoms with E-state index in [1.807, 2.05) is 13.8 Å². The first-order chi connectivity index (χ1) is 13.4. The molecule has 0 bridgehead atoms. The van der Waals surface area contributed by atoms with E-state index in [0.717, 1.165) is 39.7 Å². The molecular weight excluding hydrogens is 436 g/mol. The van der Waals surface area contributed by atoms with Crippen molar-refractivity contribution in [2.45, 2.75) is 63.7 Å². The molecule has 0 spiro atoms. The molecule has 0 fully saturated rings. The highest BCUT2D eigenvalue weighted by molar-refractivity contribution is 9.10. The van der Waals surface area contributed by atoms with Crippen LogP contribution in [0.15, 0.2) is 39.1 Å². The molecule has 0 aliphatic carbocycles. The number of nitrogen functional groups attached to an aromatic ring is 1. The van der Waals surface area contributed by atoms with Crippen molar-refractivity contribution in [1.29, 1.82) is 0 Å². The maximum Gasteiger partial charge on any atom is 0.175 e. The molecule has 152 valence electrons. The first-order valence-corrected chi connectivity index (χ1v) is 11.2. The molecule has 2 aromatic heterocycles. The third-order valence-electron chi connectivity index (χ3n) is 3.86. The second-order valence-corrected chi connectivity index (χ2v) is 8.46. The molecule has 3 N–H and O–H groups in total. The lowest BCUT2D eigenvalue weighted by atomic mass is 10.2. The van der Waals surface area contributed by atoms with Crippen LogP contribution >= 0.6 is 27.7 Å². The van der Waals surface area contributed by atoms with Crippen LogP contribution in [0.25, 0.3) is 11.2 Å². The topological polar surface area (TPSA) is 81.7 Å². The molecule has 28 heavy (non-hydrogen) atoms. The fourth-order valence-electron chi connectivity index (χ4n) is 2.71. The van der Waals surface area contributed by atoms with Crippen LogP contribution in [0.2, 0.25) is 0 Å². The molecule has 0 saturated heterocycles. The molecule has 3 aromatic rings. The highest BCUT2D eigenvalue weighted by atomic mass is 79.9. The van der Waals surface area contributed by atoms with Gasteiger partial charge in [-0.05, 0) is 43.7 Å². The van der Waals surface area contributed by atoms with E-state index in [2.05, 4.69) is 74.8 Å². The number of hydrogen-bond donors (Lipinski definition) is 2. The number of nitrogens with one attached hydrogen (secondary N) is 1. The molecule has 0 aliphatic rings. The van der Waals surface area contributed by atoms with Gasteiger partial charge in [-0.15, -0.1) is 0 Å². The van der Waals surface area contributed by atoms with Gasteiger partial charge in [0.15, 0.2) is 22.1 Å². The minimum absolute atomic E-state index is 0.418. The number of fused-ring (bicyclic) bond motifs is 1. The molecule has 0 atom stereocenters. The zero-order chi connectivity index (χ0) is 20.7. The number of nitrogens with zero attached hydrogens (tertiary/aromatic N) is 4. The quantitative estimate of drug-likeness (QED) is 0.476. The van der Waals surface area contributed by atoms with Gasteiger partial charge in [0.1, 0.15) is 6.33 Å². The number of rotatable bonds is 7. The second kappa shape index (κ2) is 10.8. The maximum atomic E-state index is 6.02. The fraction of sp³-hybridized carbons (Fsp3) is 0.450. The summed E-state index contributed by atoms with van der Waals surface area (Å²) in [5.74, 6) is 0.418. The fourth-order valence-corrected chi connectivity index (χ4v) is 4.53. The summed E-state index contributed by atoms with van der Waals surface area (Å²) in [6.07, 6.45) is 2.48. The summed E-state index contributed by atoms with van der Waals surface area (Å²) in [5.41, 5.74) is 8.67. The lowest BCUT2D eigenvalue weighted by molar-refractivity contribution is 0.525. The monoisotopic (exact) mass is 464 g/mol. The van der Waals surface area contributed by atoms with E-state index in [1.165, 1.54) is 11.9 Å². The van der Waals surface area contributed by atoms with Crippen molar-refractivity contribution in [1.82, 2.24) is 24.8 Å². The Bertz CT molecular complexity index is 889. The van der Waals surface area contributed by atoms with E-state index in [1.54, 1.807) is 11.8 Å². The molecule has 0 amide bonds. The van der Waals surface area contributed by atoms with Gasteiger partial charge in [0.2, 0.25) is 0 Å². The van der Waals surface area contributed by atoms with Crippen molar-refractivity contribution in [2.75, 3.05) is 12.3 Å². The summed E-state index contributed by atoms with van der Waals surface area (Å²) >= 11 is 5.18. The summed E-state index contributed by atoms with van der Waals surface area (Å²) in [4.78, 5) is 14.3. The average molecular weight is 465 g/mol. The molecule has 2 heterocycles. The minimum atomic E-state index is 0.418. The van der Waals surface area contributed by atoms with Crippen molar-refractivity contribution in [3.8, 4) is 0 Å². The Morgan fingerprint density at radius 3 is 2.64 bits per heavy atom. The van der Waals surface area contributed by atoms with Crippen molar-refractivity contribution in [3.63, 3.8) is 0 Å². The van der Waals surface area contributed by atoms with Crippen LogP contribution in [0.3, 0.4) is 0 Å². The Morgan fingerprint density at radius 1 is 1.21 bits per heavy atom. The zero-order valence-corrected chi connectivity index (χ0v) is 19.6. The SMILES string of the molecule is CC.Cc1cc(Br)cc(Sc2nc3c(N)ncnc3n2CCCNC(C)C)c1. The van der Waals surface area contributed by atoms with Crippen molar-refractivity contribution in [3.05, 3.63) is 34.6 Å². The van der Waals surface area contributed by atoms with Crippen LogP contribution in [0.5, 0.6) is 0 Å². The van der Waals surface area contributed by atoms with Crippen LogP contribution < -0.4 is 11.1 Å². The van der Waals surface area contributed by atoms with Crippen LogP contribution in [-0.2, 0) is 6.54 Å². The van der Waals surface area contributed by atoms with Gasteiger partial charge < -0.3 is 15.6 Å². The number of hydrogen-bond acceptors (Lipinski definition) is 6. The predicted molar refractivity (Wildman–Crippen MR) is 122 cm³/mol. The van der Waals surface area contributed by atoms with Crippen molar-refractivity contribution >= 4 is 44.7 Å². The van der Waals surface area contributed by atoms with E-state index in [4.69, 9.17) is 10.7 Å². The smallest absolute Gasteiger partial charge is 0.175 e. The van der Waals surface area contributed by atoms with Gasteiger partial charge in [0, 0.05) is 22.0 Å². The van der Waals surface area contributed by atoms with Crippen molar-refractivity contribution in [2.24, 2.45) is 0 Å². The van der Waals surface area contributed by atoms with Crippen LogP contribution in [-0.4, -0.2) is 32.1 Å². The van der Waals surface area contributed by atoms with E-state index in [9.17, 15) is 0 Å². The summed E-state index contributed by atoms with van der Waals surface area (Å²) in [6.45, 7) is 12.1. The van der Waals surface area contributed by atoms with Gasteiger partial charge in [-0.1, -0.05) is 55.4 Å². The summed E-state index contributed by atoms with van der Waals surface area (Å²) < 4.78 is 3.19. The molecule has 0 radical (unpaired) electrons. The molecule has 3 rings (SSSR count). The Morgan fingerprint density at radius 2 is 1.96 bits per heavy atom. The maximum absolute atomic E-state index is 6.02. The Balaban J connectivity index is 0.00000136. The second-order valence-electron chi connectivity index (χ2n) is 6.51. The number of halogens is 1. The van der Waals surface area contributed by atoms with Gasteiger partial charge >= 0.3 is 0 Å². The van der Waals surface area contributed by atoms with E-state index >= 15 is 0 Å². The standard InChI is InChI=1S/C18H23BrN6S.C2H6/c1-11(2)21-5-4-6-25-17-15(16(20)22-10-23-17)24-18(25)26-14-8-12(3)7-13(19)9-14;1-2/h7-11,21H,4-6H2,1-3H3,(H2,20,22,23);1-2H3. The highest BCUT2D eigenvalue weighted by Gasteiger charge is 2.16. The molecule has 8 heteroatoms. The minimum Gasteiger partial charge on any atom is -0.382 e. The number of aromatic nitrogens is 4. The molecule has 0 unspecified atom stereocenters. The lowest BCUT2D eigenvalue weighted by Crippen LogP contribution is -2.24. The lowest BCUT2D eigenvalue weighted by Gasteiger charge is -2.11. The number of benzene rings is 1. The first-order valence-electron chi connectivity index (χ1n) is 9.59. The van der Waals surface area contributed by atoms with Gasteiger partial charge in [0.25, 0.3) is 0 Å². The Hall–Kier alpha value is -1.64. The largest absolute Gasteiger partial charge is 0.382 e. The highest BCUT2D eigenvalue weighted by Crippen LogP contribution is 2.33. The van der Waals surface area contributed by atoms with Crippen LogP contribution in [0, 0.1) is 6.92 Å². The van der Waals surface area contributed by atoms with E-state index in [0.29, 0.717) is 17.4 Å². The van der Waals surface area contributed by atoms with Crippen molar-refractivity contribution < 1.29 is 0 Å². The first kappa shape index (κ1) is 22.6. The third-order valence-corrected chi connectivity index (χ3v) is 5.28. The van der Waals surface area contributed by atoms with E-state index < -0.39 is 0 Å². The normalized spacial score (nSPS) is 11.0. The van der Waals surface area contributed by atoms with Crippen LogP contribution in [0.1, 0.15) is 39.7 Å². The van der Waals surface area contributed by atoms with Gasteiger partial charge in [-0.2, -0.15) is 0 Å². The van der Waals surface area contributed by atoms with Gasteiger partial charge in [-0.3, -0.25) is 0 Å². The number of imidazole rings is 1. The third kappa shape index (κ3) is 5.93. The molecule has 0 aliphatic heterocycles. The number of aryl methyl sites for hydroxylation is 2. The zero-order valence-electron chi connectivity index (χ0n) is 17.2. The average Bonchev–Trinajstić information content (AvgIpc) is 2.98. The molecule has 0 saturated carbocycles. The molecular formula is C20H29BrN6S. The predicted octanol–water partition coefficient (Wildman–Crippen LogP) is 5.04. The molecule has 6 nitrogen and oxygen atoms in total. The number of nitrogens with two attached hydrogens (primary N) is 1. The summed E-state index contributed by atoms with van der Waals surface area (Å²) in [6, 6.07) is 6.81. The van der Waals surface area contributed by atoms with Crippen LogP contribution in [0.4, 0.5) is 5.82 Å². The molecule has 1 aromatic carbocycles. The summed E-state index contributed by atoms with van der Waals surface area (Å²) in [5, 5.41) is 4.33. The Kier molecular flexibility index (Phi) is 8.72. The summed E-state index contributed by atoms with van der Waals surface area (Å²) in [7, 11) is 0. The van der Waals surface area contributed by atoms with E-state index in [-0.39, 0.29) is 0 Å². The van der Waals surface area contributed by atoms with Gasteiger partial charge in [-0.25, -0.2) is 15.0 Å². The van der Waals surface area contributed by atoms with Gasteiger partial charge in [0.05, 0.1) is 0 Å². The number of anilines is 1.